The topological polar surface area (TPSA) is 26.3 Å². The molecule has 13 heavy (non-hydrogen) atoms. The molecule has 0 atom stereocenters. The minimum Gasteiger partial charge on any atom is -0.414 e. The lowest BCUT2D eigenvalue weighted by Crippen LogP contribution is -2.03. The summed E-state index contributed by atoms with van der Waals surface area (Å²) in [5, 5.41) is 0. The van der Waals surface area contributed by atoms with E-state index in [2.05, 4.69) is 10.5 Å². The van der Waals surface area contributed by atoms with Crippen LogP contribution in [0.15, 0.2) is 24.3 Å². The first kappa shape index (κ1) is 10.1. The monoisotopic (exact) mass is 191 g/mol. The van der Waals surface area contributed by atoms with E-state index in [4.69, 9.17) is 4.43 Å². The van der Waals surface area contributed by atoms with Crippen LogP contribution in [0, 0.1) is 0 Å². The van der Waals surface area contributed by atoms with Gasteiger partial charge in [-0.2, -0.15) is 0 Å². The van der Waals surface area contributed by atoms with E-state index in [-0.39, 0.29) is 5.78 Å². The van der Waals surface area contributed by atoms with Gasteiger partial charge >= 0.3 is 0 Å². The predicted molar refractivity (Wildman–Crippen MR) is 51.6 cm³/mol. The minimum atomic E-state index is 0.152. The van der Waals surface area contributed by atoms with Gasteiger partial charge in [0.05, 0.1) is 6.61 Å². The van der Waals surface area contributed by atoms with Crippen LogP contribution in [-0.2, 0) is 11.0 Å². The molecule has 0 spiro atoms. The summed E-state index contributed by atoms with van der Waals surface area (Å²) in [6.07, 6.45) is 0.527. The fraction of sp³-hybridized carbons (Fsp3) is 0.300. The van der Waals surface area contributed by atoms with Crippen molar-refractivity contribution in [1.82, 2.24) is 0 Å². The van der Waals surface area contributed by atoms with Crippen molar-refractivity contribution in [2.45, 2.75) is 20.0 Å². The van der Waals surface area contributed by atoms with Gasteiger partial charge in [0.25, 0.3) is 0 Å². The summed E-state index contributed by atoms with van der Waals surface area (Å²) >= 11 is 0. The van der Waals surface area contributed by atoms with Crippen molar-refractivity contribution in [1.29, 1.82) is 0 Å². The third kappa shape index (κ3) is 2.50. The Bertz CT molecular complexity index is 297. The molecule has 0 aliphatic heterocycles. The van der Waals surface area contributed by atoms with Crippen LogP contribution in [0.4, 0.5) is 0 Å². The highest BCUT2D eigenvalue weighted by molar-refractivity contribution is 5.99. The van der Waals surface area contributed by atoms with Gasteiger partial charge in [-0.15, -0.1) is 0 Å². The average Bonchev–Trinajstić information content (AvgIpc) is 2.18. The molecule has 0 amide bonds. The number of rotatable bonds is 4. The lowest BCUT2D eigenvalue weighted by molar-refractivity contribution is 0.0986. The molecule has 1 aromatic rings. The van der Waals surface area contributed by atoms with Crippen LogP contribution >= 0.6 is 0 Å². The molecule has 0 bridgehead atoms. The average molecular weight is 191 g/mol. The number of carbonyl (C=O) groups excluding carboxylic acids is 1. The lowest BCUT2D eigenvalue weighted by atomic mass is 10.0. The molecule has 0 aromatic heterocycles. The van der Waals surface area contributed by atoms with Gasteiger partial charge in [-0.1, -0.05) is 31.2 Å². The molecule has 0 N–H and O–H groups in total. The second-order valence-corrected chi connectivity index (χ2v) is 3.01. The molecule has 2 nitrogen and oxygen atoms in total. The van der Waals surface area contributed by atoms with Crippen LogP contribution in [0.3, 0.4) is 0 Å². The molecule has 0 aliphatic rings. The van der Waals surface area contributed by atoms with Crippen LogP contribution in [0.25, 0.3) is 0 Å². The second kappa shape index (κ2) is 4.94. The summed E-state index contributed by atoms with van der Waals surface area (Å²) in [5.41, 5.74) is 1.67. The zero-order chi connectivity index (χ0) is 9.68. The van der Waals surface area contributed by atoms with Crippen molar-refractivity contribution in [3.8, 4) is 0 Å². The molecular formula is C10H11O2Si. The van der Waals surface area contributed by atoms with Crippen molar-refractivity contribution < 1.29 is 9.22 Å². The van der Waals surface area contributed by atoms with Gasteiger partial charge in [-0.25, -0.2) is 0 Å². The van der Waals surface area contributed by atoms with E-state index in [0.717, 1.165) is 11.1 Å². The maximum atomic E-state index is 11.4. The number of benzene rings is 1. The van der Waals surface area contributed by atoms with E-state index in [1.165, 1.54) is 0 Å². The van der Waals surface area contributed by atoms with Gasteiger partial charge in [0.2, 0.25) is 10.5 Å². The highest BCUT2D eigenvalue weighted by atomic mass is 28.2. The Hall–Kier alpha value is -0.933. The van der Waals surface area contributed by atoms with E-state index in [1.807, 2.05) is 31.2 Å². The summed E-state index contributed by atoms with van der Waals surface area (Å²) in [5.74, 6) is 0.152. The second-order valence-electron chi connectivity index (χ2n) is 2.72. The molecule has 0 saturated heterocycles. The van der Waals surface area contributed by atoms with Gasteiger partial charge in [-0.05, 0) is 5.56 Å². The molecular weight excluding hydrogens is 180 g/mol. The molecule has 0 fully saturated rings. The van der Waals surface area contributed by atoms with Gasteiger partial charge < -0.3 is 4.43 Å². The Labute approximate surface area is 81.5 Å². The quantitative estimate of drug-likeness (QED) is 0.536. The number of Topliss-reactive ketones (excluding diaryl/α,β-unsaturated/α-hetero) is 1. The first-order valence-corrected chi connectivity index (χ1v) is 4.60. The highest BCUT2D eigenvalue weighted by Gasteiger charge is 2.07. The van der Waals surface area contributed by atoms with Crippen molar-refractivity contribution >= 4 is 16.3 Å². The third-order valence-electron chi connectivity index (χ3n) is 1.87. The Balaban J connectivity index is 2.97. The van der Waals surface area contributed by atoms with Crippen LogP contribution in [0.5, 0.6) is 0 Å². The molecule has 1 rings (SSSR count). The largest absolute Gasteiger partial charge is 0.414 e. The zero-order valence-corrected chi connectivity index (χ0v) is 8.54. The number of hydrogen-bond acceptors (Lipinski definition) is 2. The molecule has 3 heteroatoms. The van der Waals surface area contributed by atoms with Gasteiger partial charge in [0, 0.05) is 12.0 Å². The molecule has 0 saturated carbocycles. The molecule has 1 aromatic carbocycles. The number of ketones is 1. The summed E-state index contributed by atoms with van der Waals surface area (Å²) < 4.78 is 4.82. The normalized spacial score (nSPS) is 10.0. The van der Waals surface area contributed by atoms with E-state index < -0.39 is 0 Å². The van der Waals surface area contributed by atoms with Crippen LogP contribution in [0.1, 0.15) is 29.3 Å². The Morgan fingerprint density at radius 1 is 1.46 bits per heavy atom. The smallest absolute Gasteiger partial charge is 0.246 e. The van der Waals surface area contributed by atoms with Crippen molar-refractivity contribution in [3.05, 3.63) is 35.4 Å². The van der Waals surface area contributed by atoms with Crippen LogP contribution in [-0.4, -0.2) is 16.3 Å². The van der Waals surface area contributed by atoms with Gasteiger partial charge in [0.1, 0.15) is 0 Å². The number of carbonyl (C=O) groups is 1. The maximum absolute atomic E-state index is 11.4. The third-order valence-corrected chi connectivity index (χ3v) is 2.01. The molecule has 0 aliphatic carbocycles. The van der Waals surface area contributed by atoms with E-state index in [9.17, 15) is 4.79 Å². The summed E-state index contributed by atoms with van der Waals surface area (Å²) in [7, 11) is 2.93. The number of hydrogen-bond donors (Lipinski definition) is 0. The Morgan fingerprint density at radius 3 is 2.77 bits per heavy atom. The van der Waals surface area contributed by atoms with Crippen LogP contribution < -0.4 is 0 Å². The van der Waals surface area contributed by atoms with Crippen molar-refractivity contribution in [3.63, 3.8) is 0 Å². The van der Waals surface area contributed by atoms with Gasteiger partial charge in [-0.3, -0.25) is 4.79 Å². The summed E-state index contributed by atoms with van der Waals surface area (Å²) in [6.45, 7) is 2.27. The standard InChI is InChI=1S/C10H11O2Si/c1-2-10(11)9-6-4-3-5-8(9)7-12-13/h3-6H,2,7H2,1H3. The molecule has 3 radical (unpaired) electrons. The highest BCUT2D eigenvalue weighted by Crippen LogP contribution is 2.11. The minimum absolute atomic E-state index is 0.152. The molecule has 67 valence electrons. The summed E-state index contributed by atoms with van der Waals surface area (Å²) in [6, 6.07) is 7.47. The predicted octanol–water partition coefficient (Wildman–Crippen LogP) is 1.88. The Morgan fingerprint density at radius 2 is 2.15 bits per heavy atom. The zero-order valence-electron chi connectivity index (χ0n) is 7.54. The Kier molecular flexibility index (Phi) is 3.86. The van der Waals surface area contributed by atoms with Crippen molar-refractivity contribution in [2.24, 2.45) is 0 Å². The molecule has 0 unspecified atom stereocenters. The van der Waals surface area contributed by atoms with E-state index in [0.29, 0.717) is 13.0 Å². The van der Waals surface area contributed by atoms with Crippen molar-refractivity contribution in [2.75, 3.05) is 0 Å². The van der Waals surface area contributed by atoms with E-state index >= 15 is 0 Å². The lowest BCUT2D eigenvalue weighted by Gasteiger charge is -2.05. The van der Waals surface area contributed by atoms with E-state index in [1.54, 1.807) is 0 Å². The molecule has 0 heterocycles. The fourth-order valence-electron chi connectivity index (χ4n) is 1.19. The maximum Gasteiger partial charge on any atom is 0.246 e. The van der Waals surface area contributed by atoms with Gasteiger partial charge in [0.15, 0.2) is 5.78 Å². The fourth-order valence-corrected chi connectivity index (χ4v) is 1.34. The van der Waals surface area contributed by atoms with Crippen LogP contribution in [0.2, 0.25) is 0 Å². The SMILES string of the molecule is CCC(=O)c1ccccc1CO[Si]. The summed E-state index contributed by atoms with van der Waals surface area (Å²) in [4.78, 5) is 11.4. The first-order valence-electron chi connectivity index (χ1n) is 4.19. The first-order chi connectivity index (χ1) is 6.29.